The largest absolute Gasteiger partial charge is 0.380 e. The predicted molar refractivity (Wildman–Crippen MR) is 62.1 cm³/mol. The van der Waals surface area contributed by atoms with Gasteiger partial charge in [-0.05, 0) is 25.7 Å². The Labute approximate surface area is 96.4 Å². The van der Waals surface area contributed by atoms with Crippen LogP contribution in [0.25, 0.3) is 0 Å². The summed E-state index contributed by atoms with van der Waals surface area (Å²) in [6.45, 7) is 0.773. The monoisotopic (exact) mass is 224 g/mol. The lowest BCUT2D eigenvalue weighted by Crippen LogP contribution is -2.44. The summed E-state index contributed by atoms with van der Waals surface area (Å²) < 4.78 is 5.23. The summed E-state index contributed by atoms with van der Waals surface area (Å²) in [5.74, 6) is 0.108. The Kier molecular flexibility index (Phi) is 3.96. The SMILES string of the molecule is CO[C@@H]1CN[C@@H](C(=O)NC2C=CCCC2)C1. The lowest BCUT2D eigenvalue weighted by molar-refractivity contribution is -0.123. The molecule has 1 heterocycles. The van der Waals surface area contributed by atoms with E-state index in [0.717, 1.165) is 25.8 Å². The van der Waals surface area contributed by atoms with Crippen LogP contribution in [-0.2, 0) is 9.53 Å². The molecule has 0 bridgehead atoms. The zero-order valence-electron chi connectivity index (χ0n) is 9.74. The van der Waals surface area contributed by atoms with E-state index in [0.29, 0.717) is 0 Å². The fourth-order valence-corrected chi connectivity index (χ4v) is 2.30. The van der Waals surface area contributed by atoms with Crippen LogP contribution in [0, 0.1) is 0 Å². The Bertz CT molecular complexity index is 278. The van der Waals surface area contributed by atoms with Crippen LogP contribution in [0.5, 0.6) is 0 Å². The molecule has 0 radical (unpaired) electrons. The van der Waals surface area contributed by atoms with Crippen molar-refractivity contribution in [1.82, 2.24) is 10.6 Å². The van der Waals surface area contributed by atoms with Gasteiger partial charge in [0.05, 0.1) is 12.1 Å². The number of hydrogen-bond donors (Lipinski definition) is 2. The number of ether oxygens (including phenoxy) is 1. The molecule has 2 aliphatic rings. The molecule has 1 saturated heterocycles. The number of nitrogens with one attached hydrogen (secondary N) is 2. The Morgan fingerprint density at radius 3 is 3.06 bits per heavy atom. The third-order valence-electron chi connectivity index (χ3n) is 3.32. The molecular weight excluding hydrogens is 204 g/mol. The van der Waals surface area contributed by atoms with Gasteiger partial charge < -0.3 is 15.4 Å². The first kappa shape index (κ1) is 11.6. The smallest absolute Gasteiger partial charge is 0.237 e. The topological polar surface area (TPSA) is 50.4 Å². The number of rotatable bonds is 3. The van der Waals surface area contributed by atoms with Gasteiger partial charge in [0.1, 0.15) is 0 Å². The zero-order chi connectivity index (χ0) is 11.4. The molecule has 1 aliphatic carbocycles. The highest BCUT2D eigenvalue weighted by Gasteiger charge is 2.30. The normalized spacial score (nSPS) is 33.9. The highest BCUT2D eigenvalue weighted by molar-refractivity contribution is 5.82. The van der Waals surface area contributed by atoms with Crippen molar-refractivity contribution in [2.75, 3.05) is 13.7 Å². The maximum absolute atomic E-state index is 11.9. The van der Waals surface area contributed by atoms with Crippen LogP contribution in [0.1, 0.15) is 25.7 Å². The van der Waals surface area contributed by atoms with E-state index in [1.54, 1.807) is 7.11 Å². The van der Waals surface area contributed by atoms with Crippen molar-refractivity contribution < 1.29 is 9.53 Å². The van der Waals surface area contributed by atoms with Crippen LogP contribution in [0.4, 0.5) is 0 Å². The molecule has 0 aromatic heterocycles. The highest BCUT2D eigenvalue weighted by Crippen LogP contribution is 2.13. The summed E-state index contributed by atoms with van der Waals surface area (Å²) in [5.41, 5.74) is 0. The van der Waals surface area contributed by atoms with Gasteiger partial charge in [0, 0.05) is 19.7 Å². The van der Waals surface area contributed by atoms with Crippen molar-refractivity contribution in [3.8, 4) is 0 Å². The molecule has 1 aliphatic heterocycles. The molecule has 0 aromatic carbocycles. The van der Waals surface area contributed by atoms with Gasteiger partial charge >= 0.3 is 0 Å². The van der Waals surface area contributed by atoms with E-state index in [9.17, 15) is 4.79 Å². The molecule has 4 heteroatoms. The minimum atomic E-state index is -0.0831. The van der Waals surface area contributed by atoms with Crippen LogP contribution < -0.4 is 10.6 Å². The lowest BCUT2D eigenvalue weighted by Gasteiger charge is -2.20. The Hall–Kier alpha value is -0.870. The van der Waals surface area contributed by atoms with Crippen LogP contribution in [0.15, 0.2) is 12.2 Å². The third-order valence-corrected chi connectivity index (χ3v) is 3.32. The minimum Gasteiger partial charge on any atom is -0.380 e. The quantitative estimate of drug-likeness (QED) is 0.690. The molecule has 3 atom stereocenters. The van der Waals surface area contributed by atoms with Crippen molar-refractivity contribution >= 4 is 5.91 Å². The predicted octanol–water partition coefficient (Wildman–Crippen LogP) is 0.588. The van der Waals surface area contributed by atoms with Crippen LogP contribution in [-0.4, -0.2) is 37.7 Å². The van der Waals surface area contributed by atoms with Crippen LogP contribution in [0.2, 0.25) is 0 Å². The van der Waals surface area contributed by atoms with E-state index < -0.39 is 0 Å². The minimum absolute atomic E-state index is 0.0831. The number of hydrogen-bond acceptors (Lipinski definition) is 3. The van der Waals surface area contributed by atoms with E-state index in [1.165, 1.54) is 6.42 Å². The Morgan fingerprint density at radius 2 is 2.44 bits per heavy atom. The third kappa shape index (κ3) is 2.83. The summed E-state index contributed by atoms with van der Waals surface area (Å²) in [6.07, 6.45) is 8.57. The first-order valence-corrected chi connectivity index (χ1v) is 6.03. The summed E-state index contributed by atoms with van der Waals surface area (Å²) in [6, 6.07) is 0.143. The van der Waals surface area contributed by atoms with E-state index >= 15 is 0 Å². The molecule has 1 fully saturated rings. The molecule has 90 valence electrons. The molecule has 2 N–H and O–H groups in total. The second-order valence-electron chi connectivity index (χ2n) is 4.53. The van der Waals surface area contributed by atoms with Gasteiger partial charge in [-0.25, -0.2) is 0 Å². The first-order valence-electron chi connectivity index (χ1n) is 6.03. The fraction of sp³-hybridized carbons (Fsp3) is 0.750. The molecule has 1 amide bonds. The van der Waals surface area contributed by atoms with Crippen molar-refractivity contribution in [2.24, 2.45) is 0 Å². The van der Waals surface area contributed by atoms with Gasteiger partial charge in [-0.15, -0.1) is 0 Å². The summed E-state index contributed by atoms with van der Waals surface area (Å²) in [5, 5.41) is 6.25. The maximum atomic E-state index is 11.9. The van der Waals surface area contributed by atoms with E-state index in [1.807, 2.05) is 0 Å². The van der Waals surface area contributed by atoms with Gasteiger partial charge in [0.2, 0.25) is 5.91 Å². The number of carbonyl (C=O) groups is 1. The summed E-state index contributed by atoms with van der Waals surface area (Å²) >= 11 is 0. The second kappa shape index (κ2) is 5.46. The molecule has 0 saturated carbocycles. The average molecular weight is 224 g/mol. The Balaban J connectivity index is 1.79. The number of amides is 1. The molecule has 0 aromatic rings. The number of allylic oxidation sites excluding steroid dienone is 1. The van der Waals surface area contributed by atoms with Gasteiger partial charge in [0.25, 0.3) is 0 Å². The van der Waals surface area contributed by atoms with E-state index in [-0.39, 0.29) is 24.1 Å². The Morgan fingerprint density at radius 1 is 1.56 bits per heavy atom. The molecule has 1 unspecified atom stereocenters. The number of carbonyl (C=O) groups excluding carboxylic acids is 1. The fourth-order valence-electron chi connectivity index (χ4n) is 2.30. The standard InChI is InChI=1S/C12H20N2O2/c1-16-10-7-11(13-8-10)12(15)14-9-5-3-2-4-6-9/h3,5,9-11,13H,2,4,6-8H2,1H3,(H,14,15)/t9?,10-,11+/m0/s1. The van der Waals surface area contributed by atoms with E-state index in [2.05, 4.69) is 22.8 Å². The summed E-state index contributed by atoms with van der Waals surface area (Å²) in [7, 11) is 1.69. The maximum Gasteiger partial charge on any atom is 0.237 e. The van der Waals surface area contributed by atoms with Gasteiger partial charge in [0.15, 0.2) is 0 Å². The van der Waals surface area contributed by atoms with Crippen LogP contribution in [0.3, 0.4) is 0 Å². The van der Waals surface area contributed by atoms with Gasteiger partial charge in [-0.2, -0.15) is 0 Å². The van der Waals surface area contributed by atoms with Gasteiger partial charge in [-0.1, -0.05) is 12.2 Å². The molecule has 16 heavy (non-hydrogen) atoms. The molecular formula is C12H20N2O2. The second-order valence-corrected chi connectivity index (χ2v) is 4.53. The van der Waals surface area contributed by atoms with E-state index in [4.69, 9.17) is 4.74 Å². The highest BCUT2D eigenvalue weighted by atomic mass is 16.5. The van der Waals surface area contributed by atoms with Crippen molar-refractivity contribution in [3.63, 3.8) is 0 Å². The van der Waals surface area contributed by atoms with Crippen molar-refractivity contribution in [2.45, 2.75) is 43.9 Å². The van der Waals surface area contributed by atoms with Gasteiger partial charge in [-0.3, -0.25) is 4.79 Å². The molecule has 4 nitrogen and oxygen atoms in total. The van der Waals surface area contributed by atoms with Crippen molar-refractivity contribution in [1.29, 1.82) is 0 Å². The molecule has 0 spiro atoms. The molecule has 2 rings (SSSR count). The van der Waals surface area contributed by atoms with Crippen molar-refractivity contribution in [3.05, 3.63) is 12.2 Å². The average Bonchev–Trinajstić information content (AvgIpc) is 2.79. The lowest BCUT2D eigenvalue weighted by atomic mass is 10.0. The summed E-state index contributed by atoms with van der Waals surface area (Å²) in [4.78, 5) is 11.9. The number of methoxy groups -OCH3 is 1. The van der Waals surface area contributed by atoms with Crippen LogP contribution >= 0.6 is 0 Å². The first-order chi connectivity index (χ1) is 7.79. The zero-order valence-corrected chi connectivity index (χ0v) is 9.74.